The average Bonchev–Trinajstić information content (AvgIpc) is 3.45. The number of aromatic amines is 1. The highest BCUT2D eigenvalue weighted by Gasteiger charge is 2.13. The quantitative estimate of drug-likeness (QED) is 0.326. The summed E-state index contributed by atoms with van der Waals surface area (Å²) in [5, 5.41) is 1.03. The number of para-hydroxylation sites is 2. The van der Waals surface area contributed by atoms with Crippen LogP contribution in [-0.4, -0.2) is 15.0 Å². The van der Waals surface area contributed by atoms with Gasteiger partial charge >= 0.3 is 0 Å². The molecule has 0 saturated heterocycles. The molecule has 148 valence electrons. The molecule has 0 unspecified atom stereocenters. The molecule has 6 rings (SSSR count). The van der Waals surface area contributed by atoms with Gasteiger partial charge in [-0.25, -0.2) is 4.98 Å². The van der Waals surface area contributed by atoms with Gasteiger partial charge in [-0.1, -0.05) is 54.6 Å². The third-order valence-electron chi connectivity index (χ3n) is 5.22. The van der Waals surface area contributed by atoms with Crippen LogP contribution >= 0.6 is 11.3 Å². The van der Waals surface area contributed by atoms with E-state index in [4.69, 9.17) is 9.72 Å². The van der Waals surface area contributed by atoms with Gasteiger partial charge in [0.25, 0.3) is 0 Å². The monoisotopic (exact) mass is 419 g/mol. The van der Waals surface area contributed by atoms with E-state index in [9.17, 15) is 0 Å². The van der Waals surface area contributed by atoms with Crippen LogP contribution in [0.5, 0.6) is 11.5 Å². The molecule has 0 amide bonds. The first-order valence-electron chi connectivity index (χ1n) is 9.99. The molecule has 5 heteroatoms. The maximum atomic E-state index is 6.20. The SMILES string of the molecule is c1ccc(-c2ccc(Oc3cncc4sc(-c5nc6ccccc6[nH]5)cc34)cc2)cc1. The van der Waals surface area contributed by atoms with Crippen molar-refractivity contribution in [3.05, 3.63) is 97.3 Å². The number of fused-ring (bicyclic) bond motifs is 2. The zero-order valence-electron chi connectivity index (χ0n) is 16.4. The molecule has 0 bridgehead atoms. The predicted molar refractivity (Wildman–Crippen MR) is 127 cm³/mol. The van der Waals surface area contributed by atoms with Crippen LogP contribution in [0.25, 0.3) is 42.9 Å². The number of hydrogen-bond acceptors (Lipinski definition) is 4. The third kappa shape index (κ3) is 3.35. The van der Waals surface area contributed by atoms with Gasteiger partial charge in [0.15, 0.2) is 5.75 Å². The summed E-state index contributed by atoms with van der Waals surface area (Å²) in [4.78, 5) is 13.6. The maximum Gasteiger partial charge on any atom is 0.154 e. The number of aromatic nitrogens is 3. The Labute approximate surface area is 182 Å². The van der Waals surface area contributed by atoms with Gasteiger partial charge in [-0.3, -0.25) is 4.98 Å². The van der Waals surface area contributed by atoms with Crippen molar-refractivity contribution < 1.29 is 4.74 Å². The van der Waals surface area contributed by atoms with Crippen LogP contribution < -0.4 is 4.74 Å². The van der Waals surface area contributed by atoms with Crippen molar-refractivity contribution in [3.63, 3.8) is 0 Å². The molecule has 31 heavy (non-hydrogen) atoms. The highest BCUT2D eigenvalue weighted by atomic mass is 32.1. The molecule has 3 aromatic heterocycles. The van der Waals surface area contributed by atoms with E-state index in [1.165, 1.54) is 5.56 Å². The Kier molecular flexibility index (Phi) is 4.25. The molecule has 3 aromatic carbocycles. The van der Waals surface area contributed by atoms with Crippen LogP contribution in [0.15, 0.2) is 97.3 Å². The highest BCUT2D eigenvalue weighted by molar-refractivity contribution is 7.22. The molecule has 6 aromatic rings. The van der Waals surface area contributed by atoms with Gasteiger partial charge in [-0.2, -0.15) is 0 Å². The van der Waals surface area contributed by atoms with Gasteiger partial charge < -0.3 is 9.72 Å². The zero-order valence-corrected chi connectivity index (χ0v) is 17.3. The summed E-state index contributed by atoms with van der Waals surface area (Å²) in [6.07, 6.45) is 3.64. The first-order chi connectivity index (χ1) is 15.3. The summed E-state index contributed by atoms with van der Waals surface area (Å²) in [5.41, 5.74) is 4.34. The van der Waals surface area contributed by atoms with Gasteiger partial charge in [-0.15, -0.1) is 11.3 Å². The molecule has 1 N–H and O–H groups in total. The number of rotatable bonds is 4. The molecule has 0 radical (unpaired) electrons. The minimum Gasteiger partial charge on any atom is -0.455 e. The summed E-state index contributed by atoms with van der Waals surface area (Å²) >= 11 is 1.65. The Bertz CT molecular complexity index is 1470. The number of nitrogens with zero attached hydrogens (tertiary/aromatic N) is 2. The number of benzene rings is 3. The minimum absolute atomic E-state index is 0.739. The Morgan fingerprint density at radius 2 is 1.55 bits per heavy atom. The summed E-state index contributed by atoms with van der Waals surface area (Å²) in [6, 6.07) is 28.6. The smallest absolute Gasteiger partial charge is 0.154 e. The molecule has 0 spiro atoms. The molecule has 4 nitrogen and oxygen atoms in total. The van der Waals surface area contributed by atoms with E-state index in [0.717, 1.165) is 48.9 Å². The lowest BCUT2D eigenvalue weighted by Crippen LogP contribution is -1.86. The minimum atomic E-state index is 0.739. The standard InChI is InChI=1S/C26H17N3OS/c1-2-6-17(7-3-1)18-10-12-19(13-11-18)30-23-15-27-16-25-20(23)14-24(31-25)26-28-21-8-4-5-9-22(21)29-26/h1-16H,(H,28,29). The van der Waals surface area contributed by atoms with E-state index >= 15 is 0 Å². The first-order valence-corrected chi connectivity index (χ1v) is 10.8. The Hall–Kier alpha value is -3.96. The molecule has 0 atom stereocenters. The Morgan fingerprint density at radius 3 is 2.39 bits per heavy atom. The number of H-pyrrole nitrogens is 1. The van der Waals surface area contributed by atoms with E-state index in [1.807, 2.05) is 60.8 Å². The van der Waals surface area contributed by atoms with Crippen LogP contribution in [0.3, 0.4) is 0 Å². The van der Waals surface area contributed by atoms with E-state index in [2.05, 4.69) is 40.3 Å². The fraction of sp³-hybridized carbons (Fsp3) is 0. The number of hydrogen-bond donors (Lipinski definition) is 1. The topological polar surface area (TPSA) is 50.8 Å². The lowest BCUT2D eigenvalue weighted by molar-refractivity contribution is 0.486. The lowest BCUT2D eigenvalue weighted by Gasteiger charge is -2.08. The largest absolute Gasteiger partial charge is 0.455 e. The summed E-state index contributed by atoms with van der Waals surface area (Å²) < 4.78 is 7.27. The predicted octanol–water partition coefficient (Wildman–Crippen LogP) is 7.30. The van der Waals surface area contributed by atoms with Crippen LogP contribution in [0, 0.1) is 0 Å². The fourth-order valence-corrected chi connectivity index (χ4v) is 4.67. The maximum absolute atomic E-state index is 6.20. The van der Waals surface area contributed by atoms with Crippen LogP contribution in [0.2, 0.25) is 0 Å². The second kappa shape index (κ2) is 7.38. The van der Waals surface area contributed by atoms with Crippen molar-refractivity contribution in [2.45, 2.75) is 0 Å². The zero-order chi connectivity index (χ0) is 20.6. The van der Waals surface area contributed by atoms with Crippen molar-refractivity contribution in [1.82, 2.24) is 15.0 Å². The Morgan fingerprint density at radius 1 is 0.774 bits per heavy atom. The molecule has 0 fully saturated rings. The second-order valence-electron chi connectivity index (χ2n) is 7.26. The van der Waals surface area contributed by atoms with Gasteiger partial charge in [0.05, 0.1) is 26.8 Å². The van der Waals surface area contributed by atoms with Crippen molar-refractivity contribution in [2.24, 2.45) is 0 Å². The van der Waals surface area contributed by atoms with Crippen LogP contribution in [0.1, 0.15) is 0 Å². The molecular weight excluding hydrogens is 402 g/mol. The average molecular weight is 420 g/mol. The van der Waals surface area contributed by atoms with Gasteiger partial charge in [-0.05, 0) is 41.5 Å². The number of pyridine rings is 1. The van der Waals surface area contributed by atoms with E-state index in [-0.39, 0.29) is 0 Å². The second-order valence-corrected chi connectivity index (χ2v) is 8.34. The van der Waals surface area contributed by atoms with E-state index in [1.54, 1.807) is 17.5 Å². The van der Waals surface area contributed by atoms with Crippen molar-refractivity contribution in [3.8, 4) is 33.3 Å². The fourth-order valence-electron chi connectivity index (χ4n) is 3.68. The number of imidazole rings is 1. The molecule has 0 aliphatic rings. The van der Waals surface area contributed by atoms with Crippen LogP contribution in [0.4, 0.5) is 0 Å². The Balaban J connectivity index is 1.33. The molecule has 3 heterocycles. The van der Waals surface area contributed by atoms with Crippen molar-refractivity contribution in [2.75, 3.05) is 0 Å². The summed E-state index contributed by atoms with van der Waals surface area (Å²) in [5.74, 6) is 2.38. The van der Waals surface area contributed by atoms with Gasteiger partial charge in [0.2, 0.25) is 0 Å². The van der Waals surface area contributed by atoms with Gasteiger partial charge in [0.1, 0.15) is 11.6 Å². The number of ether oxygens (including phenoxy) is 1. The molecule has 0 aliphatic heterocycles. The highest BCUT2D eigenvalue weighted by Crippen LogP contribution is 2.38. The lowest BCUT2D eigenvalue weighted by atomic mass is 10.1. The van der Waals surface area contributed by atoms with Crippen molar-refractivity contribution >= 4 is 32.5 Å². The van der Waals surface area contributed by atoms with Gasteiger partial charge in [0, 0.05) is 11.6 Å². The first kappa shape index (κ1) is 17.9. The third-order valence-corrected chi connectivity index (χ3v) is 6.30. The normalized spacial score (nSPS) is 11.2. The molecular formula is C26H17N3OS. The van der Waals surface area contributed by atoms with Crippen molar-refractivity contribution in [1.29, 1.82) is 0 Å². The summed E-state index contributed by atoms with van der Waals surface area (Å²) in [7, 11) is 0. The molecule has 0 aliphatic carbocycles. The van der Waals surface area contributed by atoms with E-state index in [0.29, 0.717) is 0 Å². The number of nitrogens with one attached hydrogen (secondary N) is 1. The number of thiophene rings is 1. The van der Waals surface area contributed by atoms with E-state index < -0.39 is 0 Å². The summed E-state index contributed by atoms with van der Waals surface area (Å²) in [6.45, 7) is 0. The van der Waals surface area contributed by atoms with Crippen LogP contribution in [-0.2, 0) is 0 Å². The molecule has 0 saturated carbocycles.